The Morgan fingerprint density at radius 2 is 0.864 bits per heavy atom. The van der Waals surface area contributed by atoms with Crippen LogP contribution in [0.5, 0.6) is 0 Å². The molecule has 0 N–H and O–H groups in total. The molecule has 4 rings (SSSR count). The Labute approximate surface area is 402 Å². The summed E-state index contributed by atoms with van der Waals surface area (Å²) in [5.41, 5.74) is 4.00. The van der Waals surface area contributed by atoms with Crippen molar-refractivity contribution in [1.82, 2.24) is 0 Å². The molecule has 6 unspecified atom stereocenters. The summed E-state index contributed by atoms with van der Waals surface area (Å²) in [5, 5.41) is 0. The van der Waals surface area contributed by atoms with Gasteiger partial charge in [-0.1, -0.05) is 253 Å². The summed E-state index contributed by atoms with van der Waals surface area (Å²) in [6, 6.07) is 16.1. The van der Waals surface area contributed by atoms with Crippen molar-refractivity contribution >= 4 is 11.9 Å². The molecule has 2 aromatic carbocycles. The highest BCUT2D eigenvalue weighted by Crippen LogP contribution is 2.40. The minimum Gasteiger partial charge on any atom is -0.462 e. The molecule has 8 heteroatoms. The topological polar surface area (TPSA) is 89.5 Å². The van der Waals surface area contributed by atoms with E-state index in [0.29, 0.717) is 12.8 Å². The number of benzene rings is 2. The maximum absolute atomic E-state index is 13.7. The second kappa shape index (κ2) is 35.4. The average molecular weight is 919 g/mol. The van der Waals surface area contributed by atoms with Crippen molar-refractivity contribution in [3.05, 3.63) is 70.8 Å². The minimum atomic E-state index is -0.889. The highest BCUT2D eigenvalue weighted by Gasteiger charge is 2.50. The van der Waals surface area contributed by atoms with Crippen molar-refractivity contribution in [2.45, 2.75) is 270 Å². The number of unbranched alkanes of at least 4 members (excludes halogenated alkanes) is 28. The lowest BCUT2D eigenvalue weighted by atomic mass is 9.99. The molecule has 2 aliphatic heterocycles. The van der Waals surface area contributed by atoms with E-state index in [1.807, 2.05) is 62.4 Å². The summed E-state index contributed by atoms with van der Waals surface area (Å²) in [4.78, 5) is 26.9. The molecule has 0 amide bonds. The van der Waals surface area contributed by atoms with Gasteiger partial charge >= 0.3 is 11.9 Å². The molecule has 2 aromatic rings. The Bertz CT molecular complexity index is 1510. The fourth-order valence-electron chi connectivity index (χ4n) is 9.39. The molecular formula is C58H94O8. The minimum absolute atomic E-state index is 0.115. The lowest BCUT2D eigenvalue weighted by Crippen LogP contribution is -2.59. The molecule has 0 saturated carbocycles. The predicted octanol–water partition coefficient (Wildman–Crippen LogP) is 16.2. The first-order valence-corrected chi connectivity index (χ1v) is 27.4. The molecule has 0 spiro atoms. The Morgan fingerprint density at radius 1 is 0.485 bits per heavy atom. The van der Waals surface area contributed by atoms with Crippen molar-refractivity contribution < 1.29 is 38.0 Å². The monoisotopic (exact) mass is 919 g/mol. The molecule has 0 radical (unpaired) electrons. The van der Waals surface area contributed by atoms with E-state index in [1.54, 1.807) is 0 Å². The average Bonchev–Trinajstić information content (AvgIpc) is 3.32. The van der Waals surface area contributed by atoms with Crippen LogP contribution < -0.4 is 0 Å². The van der Waals surface area contributed by atoms with E-state index < -0.39 is 37.0 Å². The summed E-state index contributed by atoms with van der Waals surface area (Å²) < 4.78 is 38.4. The van der Waals surface area contributed by atoms with Crippen LogP contribution in [-0.4, -0.2) is 49.6 Å². The number of ether oxygens (including phenoxy) is 6. The van der Waals surface area contributed by atoms with Gasteiger partial charge in [0.1, 0.15) is 24.9 Å². The zero-order valence-electron chi connectivity index (χ0n) is 42.4. The molecule has 2 aliphatic rings. The van der Waals surface area contributed by atoms with Crippen molar-refractivity contribution in [3.63, 3.8) is 0 Å². The van der Waals surface area contributed by atoms with E-state index in [2.05, 4.69) is 13.8 Å². The Kier molecular flexibility index (Phi) is 29.9. The van der Waals surface area contributed by atoms with E-state index in [9.17, 15) is 9.59 Å². The highest BCUT2D eigenvalue weighted by molar-refractivity contribution is 5.70. The summed E-state index contributed by atoms with van der Waals surface area (Å²) in [6.07, 6.45) is 34.4. The van der Waals surface area contributed by atoms with Gasteiger partial charge < -0.3 is 28.4 Å². The lowest BCUT2D eigenvalue weighted by Gasteiger charge is -2.47. The molecule has 2 heterocycles. The highest BCUT2D eigenvalue weighted by atomic mass is 16.8. The van der Waals surface area contributed by atoms with Gasteiger partial charge in [0.2, 0.25) is 0 Å². The SMILES string of the molecule is CCCCCCCCCCCCCCCCCC(=O)OCC(OC(=O)CCCCCCCCCCCCCCCCC)C1OC(c2ccc(C)cc2)OC2COC(c3ccc(C)cc3)OC21. The quantitative estimate of drug-likeness (QED) is 0.0486. The van der Waals surface area contributed by atoms with Crippen LogP contribution in [0.15, 0.2) is 48.5 Å². The number of carbonyl (C=O) groups excluding carboxylic acids is 2. The van der Waals surface area contributed by atoms with Crippen LogP contribution in [0.2, 0.25) is 0 Å². The van der Waals surface area contributed by atoms with E-state index >= 15 is 0 Å². The number of hydrogen-bond acceptors (Lipinski definition) is 8. The molecule has 66 heavy (non-hydrogen) atoms. The van der Waals surface area contributed by atoms with Crippen molar-refractivity contribution in [2.75, 3.05) is 13.2 Å². The van der Waals surface area contributed by atoms with Crippen LogP contribution in [-0.2, 0) is 38.0 Å². The number of hydrogen-bond donors (Lipinski definition) is 0. The van der Waals surface area contributed by atoms with Crippen LogP contribution >= 0.6 is 0 Å². The number of rotatable bonds is 38. The second-order valence-electron chi connectivity index (χ2n) is 19.8. The molecule has 374 valence electrons. The fourth-order valence-corrected chi connectivity index (χ4v) is 9.39. The molecule has 0 aliphatic carbocycles. The normalized spacial score (nSPS) is 19.9. The number of carbonyl (C=O) groups is 2. The van der Waals surface area contributed by atoms with E-state index in [0.717, 1.165) is 60.8 Å². The van der Waals surface area contributed by atoms with Crippen molar-refractivity contribution in [1.29, 1.82) is 0 Å². The predicted molar refractivity (Wildman–Crippen MR) is 268 cm³/mol. The summed E-state index contributed by atoms with van der Waals surface area (Å²) in [7, 11) is 0. The Hall–Kier alpha value is -2.78. The van der Waals surface area contributed by atoms with Crippen LogP contribution in [0.4, 0.5) is 0 Å². The maximum Gasteiger partial charge on any atom is 0.306 e. The van der Waals surface area contributed by atoms with Crippen LogP contribution in [0.3, 0.4) is 0 Å². The molecule has 8 nitrogen and oxygen atoms in total. The van der Waals surface area contributed by atoms with Gasteiger partial charge in [-0.05, 0) is 26.7 Å². The van der Waals surface area contributed by atoms with Crippen LogP contribution in [0.25, 0.3) is 0 Å². The molecule has 6 atom stereocenters. The van der Waals surface area contributed by atoms with E-state index in [-0.39, 0.29) is 25.2 Å². The van der Waals surface area contributed by atoms with Crippen molar-refractivity contribution in [3.8, 4) is 0 Å². The second-order valence-corrected chi connectivity index (χ2v) is 19.8. The van der Waals surface area contributed by atoms with Gasteiger partial charge in [-0.3, -0.25) is 9.59 Å². The Morgan fingerprint density at radius 3 is 1.29 bits per heavy atom. The van der Waals surface area contributed by atoms with Gasteiger partial charge in [-0.15, -0.1) is 0 Å². The van der Waals surface area contributed by atoms with Crippen LogP contribution in [0, 0.1) is 13.8 Å². The van der Waals surface area contributed by atoms with Gasteiger partial charge in [-0.25, -0.2) is 0 Å². The Balaban J connectivity index is 1.27. The lowest BCUT2D eigenvalue weighted by molar-refractivity contribution is -0.373. The first-order valence-electron chi connectivity index (χ1n) is 27.4. The van der Waals surface area contributed by atoms with Gasteiger partial charge in [0.25, 0.3) is 0 Å². The molecule has 2 fully saturated rings. The third-order valence-electron chi connectivity index (χ3n) is 13.7. The number of aryl methyl sites for hydroxylation is 2. The van der Waals surface area contributed by atoms with Gasteiger partial charge in [0.05, 0.1) is 6.61 Å². The van der Waals surface area contributed by atoms with Gasteiger partial charge in [-0.2, -0.15) is 0 Å². The van der Waals surface area contributed by atoms with Crippen LogP contribution in [0.1, 0.15) is 254 Å². The number of fused-ring (bicyclic) bond motifs is 1. The smallest absolute Gasteiger partial charge is 0.306 e. The molecule has 0 aromatic heterocycles. The van der Waals surface area contributed by atoms with Gasteiger partial charge in [0, 0.05) is 24.0 Å². The van der Waals surface area contributed by atoms with Crippen molar-refractivity contribution in [2.24, 2.45) is 0 Å². The third kappa shape index (κ3) is 23.5. The van der Waals surface area contributed by atoms with Gasteiger partial charge in [0.15, 0.2) is 18.7 Å². The third-order valence-corrected chi connectivity index (χ3v) is 13.7. The summed E-state index contributed by atoms with van der Waals surface area (Å²) in [5.74, 6) is -0.592. The summed E-state index contributed by atoms with van der Waals surface area (Å²) in [6.45, 7) is 8.79. The van der Waals surface area contributed by atoms with E-state index in [1.165, 1.54) is 154 Å². The number of esters is 2. The maximum atomic E-state index is 13.7. The molecule has 0 bridgehead atoms. The van der Waals surface area contributed by atoms with E-state index in [4.69, 9.17) is 28.4 Å². The fraction of sp³-hybridized carbons (Fsp3) is 0.759. The summed E-state index contributed by atoms with van der Waals surface area (Å²) >= 11 is 0. The largest absolute Gasteiger partial charge is 0.462 e. The first kappa shape index (κ1) is 55.8. The molecular weight excluding hydrogens is 825 g/mol. The molecule has 2 saturated heterocycles. The zero-order chi connectivity index (χ0) is 46.9. The standard InChI is InChI=1S/C58H94O8/c1-5-7-9-11-13-15-17-19-21-23-25-27-29-31-33-35-53(59)61-45-51(63-54(60)36-34-32-30-28-26-24-22-20-18-16-14-12-10-8-6-2)55-56-52(64-58(66-55)50-43-39-48(4)40-44-50)46-62-57(65-56)49-41-37-47(3)38-42-49/h37-44,51-52,55-58H,5-36,45-46H2,1-4H3. The zero-order valence-corrected chi connectivity index (χ0v) is 42.4. The first-order chi connectivity index (χ1) is 32.4.